The average Bonchev–Trinajstić information content (AvgIpc) is 2.53. The number of carbonyl (C=O) groups is 2. The molecule has 2 aliphatic carbocycles. The van der Waals surface area contributed by atoms with Gasteiger partial charge in [-0.2, -0.15) is 0 Å². The fourth-order valence-corrected chi connectivity index (χ4v) is 3.99. The van der Waals surface area contributed by atoms with Crippen LogP contribution < -0.4 is 11.5 Å². The molecule has 0 spiro atoms. The van der Waals surface area contributed by atoms with Crippen LogP contribution in [0.25, 0.3) is 0 Å². The van der Waals surface area contributed by atoms with Crippen molar-refractivity contribution in [2.45, 2.75) is 51.0 Å². The molecule has 2 saturated carbocycles. The first-order valence-electron chi connectivity index (χ1n) is 9.84. The molecule has 0 aromatic heterocycles. The topological polar surface area (TPSA) is 208 Å². The number of nitrogens with zero attached hydrogens (tertiary/aromatic N) is 1. The molecule has 1 aliphatic heterocycles. The Labute approximate surface area is 190 Å². The quantitative estimate of drug-likeness (QED) is 0.156. The van der Waals surface area contributed by atoms with E-state index in [-0.39, 0.29) is 39.9 Å². The normalized spacial score (nSPS) is 25.6. The second-order valence-electron chi connectivity index (χ2n) is 7.93. The van der Waals surface area contributed by atoms with Gasteiger partial charge in [0.15, 0.2) is 5.41 Å². The summed E-state index contributed by atoms with van der Waals surface area (Å²) in [5, 5.41) is 17.9. The van der Waals surface area contributed by atoms with Gasteiger partial charge in [-0.05, 0) is 76.5 Å². The van der Waals surface area contributed by atoms with Crippen LogP contribution in [0.2, 0.25) is 0 Å². The van der Waals surface area contributed by atoms with Crippen LogP contribution in [0.1, 0.15) is 44.9 Å². The van der Waals surface area contributed by atoms with E-state index in [2.05, 4.69) is 4.90 Å². The van der Waals surface area contributed by atoms with Crippen molar-refractivity contribution in [1.82, 2.24) is 4.90 Å². The zero-order valence-corrected chi connectivity index (χ0v) is 20.0. The minimum atomic E-state index is -4.64. The van der Waals surface area contributed by atoms with Crippen LogP contribution in [0, 0.1) is 17.3 Å². The average molecular weight is 635 g/mol. The summed E-state index contributed by atoms with van der Waals surface area (Å²) in [7, 11) is -4.64. The van der Waals surface area contributed by atoms with Gasteiger partial charge in [0.05, 0.1) is 0 Å². The van der Waals surface area contributed by atoms with Crippen molar-refractivity contribution >= 4 is 19.8 Å². The molecule has 3 aliphatic rings. The third kappa shape index (κ3) is 9.00. The number of aliphatic carboxylic acids is 2. The summed E-state index contributed by atoms with van der Waals surface area (Å²) in [6.45, 7) is 3.64. The Morgan fingerprint density at radius 1 is 0.900 bits per heavy atom. The third-order valence-electron chi connectivity index (χ3n) is 6.07. The van der Waals surface area contributed by atoms with Crippen molar-refractivity contribution in [3.63, 3.8) is 0 Å². The Hall–Kier alpha value is -0.382. The second-order valence-corrected chi connectivity index (χ2v) is 8.96. The number of carboxylic acid groups (broad SMARTS) is 2. The fraction of sp³-hybridized carbons (Fsp3) is 0.882. The van der Waals surface area contributed by atoms with Gasteiger partial charge in [-0.1, -0.05) is 6.42 Å². The summed E-state index contributed by atoms with van der Waals surface area (Å²) in [5.41, 5.74) is 9.38. The standard InChI is InChI=1S/C11H17NO4.C6H14N2.H3O4P.Pt/c13-9(14)11(10(15)16)6-8(7-11)12-4-2-1-3-5-12;7-3-5-1-2-6(5)4-8;1-5(2,3)4;/h8H,1-7H2,(H,13,14)(H,15,16);5-6H,1-4,7-8H2;(H3,1,2,3,4);/q;;;+2. The van der Waals surface area contributed by atoms with Crippen LogP contribution in [0.3, 0.4) is 0 Å². The van der Waals surface area contributed by atoms with E-state index in [9.17, 15) is 9.59 Å². The molecule has 0 aromatic carbocycles. The van der Waals surface area contributed by atoms with Gasteiger partial charge in [0.2, 0.25) is 0 Å². The first-order chi connectivity index (χ1) is 13.4. The van der Waals surface area contributed by atoms with Crippen molar-refractivity contribution in [1.29, 1.82) is 0 Å². The minimum absolute atomic E-state index is 0. The summed E-state index contributed by atoms with van der Waals surface area (Å²) in [5.74, 6) is -0.874. The summed E-state index contributed by atoms with van der Waals surface area (Å²) in [6, 6.07) is 0.160. The summed E-state index contributed by atoms with van der Waals surface area (Å²) >= 11 is 0. The number of hydrogen-bond acceptors (Lipinski definition) is 6. The Balaban J connectivity index is 0.000000504. The maximum Gasteiger partial charge on any atom is 2.00 e. The van der Waals surface area contributed by atoms with E-state index in [4.69, 9.17) is 40.9 Å². The van der Waals surface area contributed by atoms with Crippen molar-refractivity contribution in [3.05, 3.63) is 0 Å². The molecule has 3 rings (SSSR count). The van der Waals surface area contributed by atoms with Crippen molar-refractivity contribution in [3.8, 4) is 0 Å². The molecule has 3 fully saturated rings. The van der Waals surface area contributed by atoms with E-state index in [1.165, 1.54) is 19.3 Å². The molecule has 0 bridgehead atoms. The number of hydrogen-bond donors (Lipinski definition) is 7. The Kier molecular flexibility index (Phi) is 13.1. The van der Waals surface area contributed by atoms with Gasteiger partial charge >= 0.3 is 40.8 Å². The molecule has 2 atom stereocenters. The third-order valence-corrected chi connectivity index (χ3v) is 6.07. The molecule has 178 valence electrons. The number of carboxylic acids is 2. The summed E-state index contributed by atoms with van der Waals surface area (Å²) < 4.78 is 8.88. The van der Waals surface area contributed by atoms with E-state index in [1.54, 1.807) is 0 Å². The molecule has 2 unspecified atom stereocenters. The van der Waals surface area contributed by atoms with Crippen LogP contribution >= 0.6 is 7.82 Å². The smallest absolute Gasteiger partial charge is 0.480 e. The van der Waals surface area contributed by atoms with Gasteiger partial charge in [-0.3, -0.25) is 9.59 Å². The Morgan fingerprint density at radius 3 is 1.53 bits per heavy atom. The SMILES string of the molecule is NCC1CCC1CN.O=C(O)C1(C(=O)O)CC(N2CCCCC2)C1.O=P(O)(O)O.[Pt+2]. The predicted molar refractivity (Wildman–Crippen MR) is 105 cm³/mol. The number of likely N-dealkylation sites (tertiary alicyclic amines) is 1. The first kappa shape index (κ1) is 29.6. The molecular weight excluding hydrogens is 600 g/mol. The molecule has 0 amide bonds. The van der Waals surface area contributed by atoms with Crippen LogP contribution in [-0.2, 0) is 35.2 Å². The number of phosphoric acid groups is 1. The van der Waals surface area contributed by atoms with Crippen LogP contribution in [0.5, 0.6) is 0 Å². The second kappa shape index (κ2) is 13.2. The summed E-state index contributed by atoms with van der Waals surface area (Å²) in [4.78, 5) is 45.8. The molecular formula is C17H34N3O8PPt+2. The zero-order valence-electron chi connectivity index (χ0n) is 16.8. The van der Waals surface area contributed by atoms with Gasteiger partial charge in [0, 0.05) is 6.04 Å². The van der Waals surface area contributed by atoms with Crippen LogP contribution in [-0.4, -0.2) is 74.0 Å². The minimum Gasteiger partial charge on any atom is -0.480 e. The molecule has 1 heterocycles. The van der Waals surface area contributed by atoms with E-state index in [1.807, 2.05) is 0 Å². The number of nitrogens with two attached hydrogens (primary N) is 2. The Bertz CT molecular complexity index is 555. The zero-order chi connectivity index (χ0) is 22.2. The molecule has 0 aromatic rings. The fourth-order valence-electron chi connectivity index (χ4n) is 3.99. The van der Waals surface area contributed by atoms with Crippen LogP contribution in [0.4, 0.5) is 0 Å². The van der Waals surface area contributed by atoms with Crippen molar-refractivity contribution in [2.24, 2.45) is 28.7 Å². The monoisotopic (exact) mass is 634 g/mol. The molecule has 1 saturated heterocycles. The Morgan fingerprint density at radius 2 is 1.27 bits per heavy atom. The summed E-state index contributed by atoms with van der Waals surface area (Å²) in [6.07, 6.45) is 6.64. The molecule has 13 heteroatoms. The first-order valence-corrected chi connectivity index (χ1v) is 11.4. The largest absolute Gasteiger partial charge is 2.00 e. The van der Waals surface area contributed by atoms with Gasteiger partial charge < -0.3 is 41.3 Å². The van der Waals surface area contributed by atoms with E-state index >= 15 is 0 Å². The van der Waals surface area contributed by atoms with E-state index in [0.717, 1.165) is 50.9 Å². The maximum atomic E-state index is 11.0. The van der Waals surface area contributed by atoms with Crippen molar-refractivity contribution in [2.75, 3.05) is 26.2 Å². The predicted octanol–water partition coefficient (Wildman–Crippen LogP) is -0.211. The van der Waals surface area contributed by atoms with Crippen molar-refractivity contribution < 1.29 is 60.1 Å². The maximum absolute atomic E-state index is 11.0. The van der Waals surface area contributed by atoms with E-state index in [0.29, 0.717) is 0 Å². The molecule has 9 N–H and O–H groups in total. The van der Waals surface area contributed by atoms with Gasteiger partial charge in [-0.15, -0.1) is 0 Å². The molecule has 0 radical (unpaired) electrons. The van der Waals surface area contributed by atoms with Gasteiger partial charge in [0.25, 0.3) is 0 Å². The van der Waals surface area contributed by atoms with E-state index < -0.39 is 25.2 Å². The van der Waals surface area contributed by atoms with Crippen LogP contribution in [0.15, 0.2) is 0 Å². The number of rotatable bonds is 5. The molecule has 11 nitrogen and oxygen atoms in total. The van der Waals surface area contributed by atoms with Gasteiger partial charge in [-0.25, -0.2) is 4.57 Å². The van der Waals surface area contributed by atoms with Gasteiger partial charge in [0.1, 0.15) is 0 Å². The molecule has 30 heavy (non-hydrogen) atoms. The number of piperidine rings is 1.